The zero-order valence-corrected chi connectivity index (χ0v) is 11.3. The van der Waals surface area contributed by atoms with Gasteiger partial charge in [-0.25, -0.2) is 4.98 Å². The maximum absolute atomic E-state index is 5.45. The molecule has 0 saturated carbocycles. The summed E-state index contributed by atoms with van der Waals surface area (Å²) in [6.07, 6.45) is 4.06. The molecule has 0 N–H and O–H groups in total. The minimum absolute atomic E-state index is 0.850. The predicted molar refractivity (Wildman–Crippen MR) is 83.7 cm³/mol. The lowest BCUT2D eigenvalue weighted by Gasteiger charge is -2.06. The second-order valence-electron chi connectivity index (χ2n) is 4.51. The lowest BCUT2D eigenvalue weighted by Crippen LogP contribution is -1.90. The van der Waals surface area contributed by atoms with E-state index in [0.29, 0.717) is 0 Å². The molecule has 0 atom stereocenters. The highest BCUT2D eigenvalue weighted by molar-refractivity contribution is 5.87. The van der Waals surface area contributed by atoms with Gasteiger partial charge in [-0.1, -0.05) is 48.5 Å². The third-order valence-corrected chi connectivity index (χ3v) is 3.16. The van der Waals surface area contributed by atoms with Crippen molar-refractivity contribution in [3.8, 4) is 5.75 Å². The van der Waals surface area contributed by atoms with Crippen LogP contribution >= 0.6 is 0 Å². The summed E-state index contributed by atoms with van der Waals surface area (Å²) in [6.45, 7) is 0. The van der Waals surface area contributed by atoms with Crippen molar-refractivity contribution in [2.45, 2.75) is 0 Å². The van der Waals surface area contributed by atoms with Crippen LogP contribution in [0.5, 0.6) is 5.75 Å². The van der Waals surface area contributed by atoms with E-state index in [1.807, 2.05) is 54.6 Å². The normalized spacial score (nSPS) is 11.1. The van der Waals surface area contributed by atoms with E-state index in [2.05, 4.69) is 23.2 Å². The number of aromatic nitrogens is 1. The Kier molecular flexibility index (Phi) is 3.46. The highest BCUT2D eigenvalue weighted by Crippen LogP contribution is 2.25. The van der Waals surface area contributed by atoms with Crippen LogP contribution in [-0.2, 0) is 0 Å². The Morgan fingerprint density at radius 3 is 2.45 bits per heavy atom. The van der Waals surface area contributed by atoms with Crippen LogP contribution in [0.3, 0.4) is 0 Å². The molecule has 0 aliphatic rings. The maximum atomic E-state index is 5.45. The number of hydrogen-bond donors (Lipinski definition) is 0. The maximum Gasteiger partial charge on any atom is 0.130 e. The first-order valence-corrected chi connectivity index (χ1v) is 6.54. The fourth-order valence-electron chi connectivity index (χ4n) is 2.16. The molecule has 2 nitrogen and oxygen atoms in total. The number of ether oxygens (including phenoxy) is 1. The van der Waals surface area contributed by atoms with Crippen LogP contribution in [0.1, 0.15) is 11.3 Å². The summed E-state index contributed by atoms with van der Waals surface area (Å²) in [7, 11) is 1.69. The summed E-state index contributed by atoms with van der Waals surface area (Å²) >= 11 is 0. The topological polar surface area (TPSA) is 22.1 Å². The molecule has 98 valence electrons. The van der Waals surface area contributed by atoms with Crippen LogP contribution in [0.25, 0.3) is 23.1 Å². The molecule has 3 aromatic rings. The Morgan fingerprint density at radius 1 is 0.900 bits per heavy atom. The van der Waals surface area contributed by atoms with Crippen molar-refractivity contribution >= 4 is 23.1 Å². The molecule has 2 aromatic carbocycles. The monoisotopic (exact) mass is 261 g/mol. The fourth-order valence-corrected chi connectivity index (χ4v) is 2.16. The number of rotatable bonds is 3. The van der Waals surface area contributed by atoms with Crippen molar-refractivity contribution in [2.75, 3.05) is 7.11 Å². The lowest BCUT2D eigenvalue weighted by atomic mass is 10.1. The molecule has 0 bridgehead atoms. The molecule has 0 radical (unpaired) electrons. The highest BCUT2D eigenvalue weighted by Gasteiger charge is 2.03. The van der Waals surface area contributed by atoms with Gasteiger partial charge in [-0.2, -0.15) is 0 Å². The molecule has 0 aliphatic carbocycles. The molecule has 0 amide bonds. The van der Waals surface area contributed by atoms with Gasteiger partial charge in [-0.05, 0) is 23.8 Å². The van der Waals surface area contributed by atoms with Crippen molar-refractivity contribution in [2.24, 2.45) is 0 Å². The number of para-hydroxylation sites is 1. The van der Waals surface area contributed by atoms with Crippen LogP contribution < -0.4 is 4.74 Å². The first kappa shape index (κ1) is 12.4. The third-order valence-electron chi connectivity index (χ3n) is 3.16. The largest absolute Gasteiger partial charge is 0.496 e. The van der Waals surface area contributed by atoms with Gasteiger partial charge in [0, 0.05) is 11.5 Å². The van der Waals surface area contributed by atoms with Crippen molar-refractivity contribution < 1.29 is 4.74 Å². The SMILES string of the molecule is COc1cc(/C=C/c2ccccc2)nc2ccccc12. The van der Waals surface area contributed by atoms with E-state index in [-0.39, 0.29) is 0 Å². The number of pyridine rings is 1. The van der Waals surface area contributed by atoms with E-state index in [9.17, 15) is 0 Å². The van der Waals surface area contributed by atoms with Crippen LogP contribution in [0.2, 0.25) is 0 Å². The molecule has 1 aromatic heterocycles. The van der Waals surface area contributed by atoms with E-state index >= 15 is 0 Å². The second-order valence-corrected chi connectivity index (χ2v) is 4.51. The van der Waals surface area contributed by atoms with Crippen molar-refractivity contribution in [1.82, 2.24) is 4.98 Å². The van der Waals surface area contributed by atoms with Crippen molar-refractivity contribution in [1.29, 1.82) is 0 Å². The van der Waals surface area contributed by atoms with Gasteiger partial charge in [0.2, 0.25) is 0 Å². The average Bonchev–Trinajstić information content (AvgIpc) is 2.53. The van der Waals surface area contributed by atoms with Crippen molar-refractivity contribution in [3.63, 3.8) is 0 Å². The van der Waals surface area contributed by atoms with Crippen LogP contribution in [-0.4, -0.2) is 12.1 Å². The first-order chi connectivity index (χ1) is 9.86. The molecule has 3 rings (SSSR count). The van der Waals surface area contributed by atoms with Crippen molar-refractivity contribution in [3.05, 3.63) is 71.9 Å². The summed E-state index contributed by atoms with van der Waals surface area (Å²) in [6, 6.07) is 20.1. The predicted octanol–water partition coefficient (Wildman–Crippen LogP) is 4.41. The summed E-state index contributed by atoms with van der Waals surface area (Å²) in [4.78, 5) is 4.63. The number of nitrogens with zero attached hydrogens (tertiary/aromatic N) is 1. The van der Waals surface area contributed by atoms with Crippen LogP contribution in [0.4, 0.5) is 0 Å². The first-order valence-electron chi connectivity index (χ1n) is 6.54. The molecule has 0 spiro atoms. The minimum Gasteiger partial charge on any atom is -0.496 e. The Morgan fingerprint density at radius 2 is 1.65 bits per heavy atom. The van der Waals surface area contributed by atoms with Gasteiger partial charge in [-0.15, -0.1) is 0 Å². The van der Waals surface area contributed by atoms with Gasteiger partial charge in [0.15, 0.2) is 0 Å². The van der Waals surface area contributed by atoms with Gasteiger partial charge < -0.3 is 4.74 Å². The Bertz CT molecular complexity index is 748. The summed E-state index contributed by atoms with van der Waals surface area (Å²) < 4.78 is 5.45. The molecule has 0 saturated heterocycles. The number of methoxy groups -OCH3 is 1. The number of fused-ring (bicyclic) bond motifs is 1. The smallest absolute Gasteiger partial charge is 0.130 e. The number of hydrogen-bond acceptors (Lipinski definition) is 2. The third kappa shape index (κ3) is 2.54. The average molecular weight is 261 g/mol. The molecule has 20 heavy (non-hydrogen) atoms. The van der Waals surface area contributed by atoms with Gasteiger partial charge in [0.1, 0.15) is 5.75 Å². The van der Waals surface area contributed by atoms with Gasteiger partial charge in [0.05, 0.1) is 18.3 Å². The Labute approximate surface area is 118 Å². The second kappa shape index (κ2) is 5.57. The zero-order valence-electron chi connectivity index (χ0n) is 11.3. The lowest BCUT2D eigenvalue weighted by molar-refractivity contribution is 0.419. The fraction of sp³-hybridized carbons (Fsp3) is 0.0556. The standard InChI is InChI=1S/C18H15NO/c1-20-18-13-15(12-11-14-7-3-2-4-8-14)19-17-10-6-5-9-16(17)18/h2-13H,1H3/b12-11+. The van der Waals surface area contributed by atoms with Crippen LogP contribution in [0, 0.1) is 0 Å². The Hall–Kier alpha value is -2.61. The highest BCUT2D eigenvalue weighted by atomic mass is 16.5. The van der Waals surface area contributed by atoms with Gasteiger partial charge >= 0.3 is 0 Å². The van der Waals surface area contributed by atoms with E-state index in [0.717, 1.165) is 27.9 Å². The van der Waals surface area contributed by atoms with Crippen LogP contribution in [0.15, 0.2) is 60.7 Å². The zero-order chi connectivity index (χ0) is 13.8. The molecule has 1 heterocycles. The molecular formula is C18H15NO. The molecule has 0 unspecified atom stereocenters. The van der Waals surface area contributed by atoms with Gasteiger partial charge in [-0.3, -0.25) is 0 Å². The van der Waals surface area contributed by atoms with E-state index in [1.165, 1.54) is 0 Å². The molecule has 2 heteroatoms. The molecule has 0 aliphatic heterocycles. The van der Waals surface area contributed by atoms with E-state index in [4.69, 9.17) is 4.74 Å². The molecular weight excluding hydrogens is 246 g/mol. The Balaban J connectivity index is 2.02. The summed E-state index contributed by atoms with van der Waals surface area (Å²) in [5.74, 6) is 0.850. The summed E-state index contributed by atoms with van der Waals surface area (Å²) in [5, 5.41) is 1.03. The van der Waals surface area contributed by atoms with E-state index in [1.54, 1.807) is 7.11 Å². The van der Waals surface area contributed by atoms with E-state index < -0.39 is 0 Å². The summed E-state index contributed by atoms with van der Waals surface area (Å²) in [5.41, 5.74) is 2.99. The quantitative estimate of drug-likeness (QED) is 0.696. The minimum atomic E-state index is 0.850. The molecule has 0 fully saturated rings. The number of benzene rings is 2. The van der Waals surface area contributed by atoms with Gasteiger partial charge in [0.25, 0.3) is 0 Å².